The Morgan fingerprint density at radius 3 is 2.50 bits per heavy atom. The van der Waals surface area contributed by atoms with Gasteiger partial charge in [0.25, 0.3) is 5.56 Å². The van der Waals surface area contributed by atoms with Gasteiger partial charge in [0.05, 0.1) is 13.7 Å². The van der Waals surface area contributed by atoms with Gasteiger partial charge in [0, 0.05) is 31.9 Å². The number of aromatic nitrogens is 1. The van der Waals surface area contributed by atoms with Crippen LogP contribution in [-0.2, 0) is 6.54 Å². The van der Waals surface area contributed by atoms with Gasteiger partial charge in [-0.2, -0.15) is 0 Å². The van der Waals surface area contributed by atoms with Gasteiger partial charge in [-0.05, 0) is 44.9 Å². The van der Waals surface area contributed by atoms with Crippen molar-refractivity contribution in [3.8, 4) is 11.5 Å². The first-order chi connectivity index (χ1) is 14.0. The molecule has 0 saturated heterocycles. The van der Waals surface area contributed by atoms with Crippen LogP contribution in [0.2, 0.25) is 0 Å². The summed E-state index contributed by atoms with van der Waals surface area (Å²) in [6.45, 7) is 6.06. The Morgan fingerprint density at radius 1 is 1.10 bits per heavy atom. The zero-order valence-corrected chi connectivity index (χ0v) is 20.5. The van der Waals surface area contributed by atoms with Gasteiger partial charge in [-0.15, -0.1) is 24.0 Å². The fourth-order valence-electron chi connectivity index (χ4n) is 2.95. The van der Waals surface area contributed by atoms with E-state index in [4.69, 9.17) is 9.47 Å². The smallest absolute Gasteiger partial charge is 0.250 e. The molecule has 2 rings (SSSR count). The van der Waals surface area contributed by atoms with Gasteiger partial charge in [-0.3, -0.25) is 9.79 Å². The van der Waals surface area contributed by atoms with Crippen LogP contribution in [0.3, 0.4) is 0 Å². The lowest BCUT2D eigenvalue weighted by Crippen LogP contribution is -2.42. The highest BCUT2D eigenvalue weighted by molar-refractivity contribution is 14.0. The minimum atomic E-state index is -0.0576. The molecular weight excluding hydrogens is 495 g/mol. The van der Waals surface area contributed by atoms with Crippen LogP contribution in [0.1, 0.15) is 25.5 Å². The molecule has 1 aromatic heterocycles. The van der Waals surface area contributed by atoms with Crippen molar-refractivity contribution in [3.63, 3.8) is 0 Å². The number of nitrogens with one attached hydrogen (secondary N) is 2. The number of benzene rings is 1. The number of rotatable bonds is 10. The van der Waals surface area contributed by atoms with Crippen molar-refractivity contribution in [2.45, 2.75) is 39.3 Å². The second kappa shape index (κ2) is 13.9. The maximum absolute atomic E-state index is 11.9. The van der Waals surface area contributed by atoms with Crippen LogP contribution in [0.4, 0.5) is 0 Å². The van der Waals surface area contributed by atoms with E-state index in [0.29, 0.717) is 6.54 Å². The number of ether oxygens (including phenoxy) is 2. The highest BCUT2D eigenvalue weighted by atomic mass is 127. The quantitative estimate of drug-likeness (QED) is 0.215. The molecule has 0 fully saturated rings. The molecule has 1 atom stereocenters. The molecule has 0 aliphatic rings. The van der Waals surface area contributed by atoms with Gasteiger partial charge < -0.3 is 24.7 Å². The predicted octanol–water partition coefficient (Wildman–Crippen LogP) is 3.20. The molecule has 0 radical (unpaired) electrons. The molecule has 0 saturated carbocycles. The average Bonchev–Trinajstić information content (AvgIpc) is 2.72. The van der Waals surface area contributed by atoms with E-state index in [0.717, 1.165) is 49.1 Å². The maximum Gasteiger partial charge on any atom is 0.250 e. The Morgan fingerprint density at radius 2 is 1.83 bits per heavy atom. The summed E-state index contributed by atoms with van der Waals surface area (Å²) in [5, 5.41) is 6.57. The van der Waals surface area contributed by atoms with Crippen LogP contribution in [0.25, 0.3) is 0 Å². The molecule has 2 aromatic rings. The lowest BCUT2D eigenvalue weighted by Gasteiger charge is -2.19. The minimum absolute atomic E-state index is 0. The zero-order chi connectivity index (χ0) is 21.1. The van der Waals surface area contributed by atoms with Crippen LogP contribution in [0, 0.1) is 6.92 Å². The number of unbranched alkanes of at least 4 members (excludes halogenated alkanes) is 1. The number of methoxy groups -OCH3 is 1. The lowest BCUT2D eigenvalue weighted by atomic mass is 10.3. The number of para-hydroxylation sites is 2. The average molecular weight is 528 g/mol. The van der Waals surface area contributed by atoms with Crippen molar-refractivity contribution in [2.75, 3.05) is 27.2 Å². The molecule has 0 bridgehead atoms. The lowest BCUT2D eigenvalue weighted by molar-refractivity contribution is 0.213. The third-order valence-electron chi connectivity index (χ3n) is 4.55. The Hall–Kier alpha value is -2.23. The number of pyridine rings is 1. The van der Waals surface area contributed by atoms with Crippen LogP contribution in [-0.4, -0.2) is 43.9 Å². The Bertz CT molecular complexity index is 854. The van der Waals surface area contributed by atoms with Crippen molar-refractivity contribution >= 4 is 29.9 Å². The Balaban J connectivity index is 0.00000450. The van der Waals surface area contributed by atoms with E-state index in [9.17, 15) is 4.79 Å². The van der Waals surface area contributed by atoms with E-state index < -0.39 is 0 Å². The van der Waals surface area contributed by atoms with E-state index in [1.54, 1.807) is 26.3 Å². The number of aryl methyl sites for hydroxylation is 1. The van der Waals surface area contributed by atoms with Crippen molar-refractivity contribution in [3.05, 3.63) is 58.5 Å². The third kappa shape index (κ3) is 8.25. The first-order valence-corrected chi connectivity index (χ1v) is 9.95. The van der Waals surface area contributed by atoms with Gasteiger partial charge in [0.15, 0.2) is 17.5 Å². The Kier molecular flexibility index (Phi) is 12.0. The standard InChI is InChI=1S/C22H32N4O3.HI/c1-17-10-9-13-21(27)26(17)15-8-7-14-24-22(23-3)25-16-18(2)29-20-12-6-5-11-19(20)28-4;/h5-6,9-13,18H,7-8,14-16H2,1-4H3,(H2,23,24,25);1H. The highest BCUT2D eigenvalue weighted by Gasteiger charge is 2.09. The molecule has 0 amide bonds. The van der Waals surface area contributed by atoms with Crippen molar-refractivity contribution in [1.82, 2.24) is 15.2 Å². The summed E-state index contributed by atoms with van der Waals surface area (Å²) in [4.78, 5) is 16.1. The van der Waals surface area contributed by atoms with Gasteiger partial charge in [0.2, 0.25) is 0 Å². The SMILES string of the molecule is CN=C(NCCCCn1c(C)cccc1=O)NCC(C)Oc1ccccc1OC.I. The number of hydrogen-bond donors (Lipinski definition) is 2. The van der Waals surface area contributed by atoms with Crippen LogP contribution < -0.4 is 25.7 Å². The summed E-state index contributed by atoms with van der Waals surface area (Å²) >= 11 is 0. The topological polar surface area (TPSA) is 76.9 Å². The first-order valence-electron chi connectivity index (χ1n) is 9.95. The Labute approximate surface area is 195 Å². The molecule has 30 heavy (non-hydrogen) atoms. The number of aliphatic imine (C=N–C) groups is 1. The fraction of sp³-hybridized carbons (Fsp3) is 0.455. The number of nitrogens with zero attached hydrogens (tertiary/aromatic N) is 2. The summed E-state index contributed by atoms with van der Waals surface area (Å²) < 4.78 is 13.1. The fourth-order valence-corrected chi connectivity index (χ4v) is 2.95. The first kappa shape index (κ1) is 25.8. The highest BCUT2D eigenvalue weighted by Crippen LogP contribution is 2.26. The van der Waals surface area contributed by atoms with Crippen molar-refractivity contribution in [1.29, 1.82) is 0 Å². The molecule has 7 nitrogen and oxygen atoms in total. The summed E-state index contributed by atoms with van der Waals surface area (Å²) in [5.41, 5.74) is 1.05. The second-order valence-corrected chi connectivity index (χ2v) is 6.82. The molecule has 1 heterocycles. The third-order valence-corrected chi connectivity index (χ3v) is 4.55. The van der Waals surface area contributed by atoms with Gasteiger partial charge in [0.1, 0.15) is 6.10 Å². The maximum atomic E-state index is 11.9. The molecule has 0 aliphatic heterocycles. The van der Waals surface area contributed by atoms with Crippen LogP contribution >= 0.6 is 24.0 Å². The van der Waals surface area contributed by atoms with Gasteiger partial charge in [-0.25, -0.2) is 0 Å². The van der Waals surface area contributed by atoms with Crippen LogP contribution in [0.5, 0.6) is 11.5 Å². The molecule has 1 unspecified atom stereocenters. The largest absolute Gasteiger partial charge is 0.493 e. The van der Waals surface area contributed by atoms with Crippen molar-refractivity contribution < 1.29 is 9.47 Å². The minimum Gasteiger partial charge on any atom is -0.493 e. The van der Waals surface area contributed by atoms with E-state index >= 15 is 0 Å². The normalized spacial score (nSPS) is 11.9. The summed E-state index contributed by atoms with van der Waals surface area (Å²) in [6, 6.07) is 13.0. The van der Waals surface area contributed by atoms with Crippen LogP contribution in [0.15, 0.2) is 52.3 Å². The van der Waals surface area contributed by atoms with Crippen molar-refractivity contribution in [2.24, 2.45) is 4.99 Å². The molecule has 0 aliphatic carbocycles. The monoisotopic (exact) mass is 528 g/mol. The summed E-state index contributed by atoms with van der Waals surface area (Å²) in [6.07, 6.45) is 1.80. The summed E-state index contributed by atoms with van der Waals surface area (Å²) in [7, 11) is 3.38. The summed E-state index contributed by atoms with van der Waals surface area (Å²) in [5.74, 6) is 2.17. The zero-order valence-electron chi connectivity index (χ0n) is 18.2. The molecule has 2 N–H and O–H groups in total. The number of guanidine groups is 1. The molecule has 8 heteroatoms. The molecule has 1 aromatic carbocycles. The van der Waals surface area contributed by atoms with E-state index in [1.807, 2.05) is 48.7 Å². The number of hydrogen-bond acceptors (Lipinski definition) is 4. The molecule has 166 valence electrons. The van der Waals surface area contributed by atoms with E-state index in [-0.39, 0.29) is 35.6 Å². The van der Waals surface area contributed by atoms with Gasteiger partial charge >= 0.3 is 0 Å². The molecule has 0 spiro atoms. The second-order valence-electron chi connectivity index (χ2n) is 6.82. The van der Waals surface area contributed by atoms with Gasteiger partial charge in [-0.1, -0.05) is 18.2 Å². The number of halogens is 1. The predicted molar refractivity (Wildman–Crippen MR) is 133 cm³/mol. The molecular formula is C22H33IN4O3. The van der Waals surface area contributed by atoms with E-state index in [1.165, 1.54) is 0 Å². The van der Waals surface area contributed by atoms with E-state index in [2.05, 4.69) is 15.6 Å².